The van der Waals surface area contributed by atoms with Crippen LogP contribution >= 0.6 is 0 Å². The summed E-state index contributed by atoms with van der Waals surface area (Å²) in [5.41, 5.74) is 2.32. The molecule has 1 aromatic heterocycles. The van der Waals surface area contributed by atoms with Gasteiger partial charge in [-0.2, -0.15) is 0 Å². The van der Waals surface area contributed by atoms with Crippen molar-refractivity contribution < 1.29 is 9.21 Å². The van der Waals surface area contributed by atoms with Gasteiger partial charge in [0.2, 0.25) is 5.91 Å². The Bertz CT molecular complexity index is 633. The molecule has 0 bridgehead atoms. The van der Waals surface area contributed by atoms with E-state index >= 15 is 0 Å². The Morgan fingerprint density at radius 1 is 1.29 bits per heavy atom. The molecule has 0 aliphatic carbocycles. The quantitative estimate of drug-likeness (QED) is 0.939. The van der Waals surface area contributed by atoms with Crippen LogP contribution in [0.1, 0.15) is 23.5 Å². The fourth-order valence-corrected chi connectivity index (χ4v) is 2.76. The van der Waals surface area contributed by atoms with E-state index < -0.39 is 0 Å². The van der Waals surface area contributed by atoms with Gasteiger partial charge in [-0.3, -0.25) is 4.79 Å². The third-order valence-corrected chi connectivity index (χ3v) is 3.78. The standard InChI is InChI=1S/C17H20N2O2/c1-13-8-9-15(21-13)11-18-12-17(20)19-10-4-6-14-5-2-3-7-16(14)19/h2-3,5,7-9,18H,4,6,10-12H2,1H3. The Hall–Kier alpha value is -2.07. The maximum absolute atomic E-state index is 12.4. The van der Waals surface area contributed by atoms with Crippen molar-refractivity contribution in [3.8, 4) is 0 Å². The van der Waals surface area contributed by atoms with Crippen molar-refractivity contribution in [1.82, 2.24) is 5.32 Å². The number of benzene rings is 1. The summed E-state index contributed by atoms with van der Waals surface area (Å²) in [5, 5.41) is 3.16. The predicted molar refractivity (Wildman–Crippen MR) is 82.3 cm³/mol. The lowest BCUT2D eigenvalue weighted by Gasteiger charge is -2.29. The van der Waals surface area contributed by atoms with Crippen LogP contribution in [0.25, 0.3) is 0 Å². The minimum absolute atomic E-state index is 0.116. The highest BCUT2D eigenvalue weighted by molar-refractivity contribution is 5.95. The number of carbonyl (C=O) groups is 1. The number of amides is 1. The third-order valence-electron chi connectivity index (χ3n) is 3.78. The highest BCUT2D eigenvalue weighted by Crippen LogP contribution is 2.26. The molecule has 1 aromatic carbocycles. The number of furan rings is 1. The topological polar surface area (TPSA) is 45.5 Å². The van der Waals surface area contributed by atoms with Crippen molar-refractivity contribution in [1.29, 1.82) is 0 Å². The molecule has 110 valence electrons. The Morgan fingerprint density at radius 3 is 2.95 bits per heavy atom. The molecule has 1 aliphatic rings. The number of nitrogens with zero attached hydrogens (tertiary/aromatic N) is 1. The lowest BCUT2D eigenvalue weighted by atomic mass is 10.0. The van der Waals surface area contributed by atoms with E-state index in [-0.39, 0.29) is 5.91 Å². The highest BCUT2D eigenvalue weighted by Gasteiger charge is 2.21. The number of rotatable bonds is 4. The number of anilines is 1. The monoisotopic (exact) mass is 284 g/mol. The van der Waals surface area contributed by atoms with Crippen LogP contribution in [0.3, 0.4) is 0 Å². The molecule has 0 atom stereocenters. The lowest BCUT2D eigenvalue weighted by Crippen LogP contribution is -2.41. The summed E-state index contributed by atoms with van der Waals surface area (Å²) in [6.45, 7) is 3.62. The van der Waals surface area contributed by atoms with E-state index in [4.69, 9.17) is 4.42 Å². The minimum atomic E-state index is 0.116. The fraction of sp³-hybridized carbons (Fsp3) is 0.353. The van der Waals surface area contributed by atoms with Crippen LogP contribution in [0.15, 0.2) is 40.8 Å². The van der Waals surface area contributed by atoms with Crippen molar-refractivity contribution in [2.45, 2.75) is 26.3 Å². The van der Waals surface area contributed by atoms with Crippen molar-refractivity contribution in [2.24, 2.45) is 0 Å². The van der Waals surface area contributed by atoms with Crippen LogP contribution in [0.4, 0.5) is 5.69 Å². The molecule has 0 saturated carbocycles. The van der Waals surface area contributed by atoms with Crippen LogP contribution in [0.5, 0.6) is 0 Å². The molecule has 1 aliphatic heterocycles. The molecule has 4 nitrogen and oxygen atoms in total. The first-order chi connectivity index (χ1) is 10.2. The zero-order valence-electron chi connectivity index (χ0n) is 12.3. The van der Waals surface area contributed by atoms with Crippen LogP contribution in [-0.2, 0) is 17.8 Å². The van der Waals surface area contributed by atoms with Gasteiger partial charge in [0.1, 0.15) is 11.5 Å². The van der Waals surface area contributed by atoms with Gasteiger partial charge >= 0.3 is 0 Å². The number of hydrogen-bond acceptors (Lipinski definition) is 3. The summed E-state index contributed by atoms with van der Waals surface area (Å²) in [6, 6.07) is 12.0. The van der Waals surface area contributed by atoms with E-state index in [0.29, 0.717) is 13.1 Å². The molecule has 1 N–H and O–H groups in total. The van der Waals surface area contributed by atoms with Gasteiger partial charge in [0.05, 0.1) is 13.1 Å². The second-order valence-corrected chi connectivity index (χ2v) is 5.39. The van der Waals surface area contributed by atoms with Crippen LogP contribution in [0.2, 0.25) is 0 Å². The van der Waals surface area contributed by atoms with E-state index in [1.54, 1.807) is 0 Å². The van der Waals surface area contributed by atoms with E-state index in [1.807, 2.05) is 42.2 Å². The highest BCUT2D eigenvalue weighted by atomic mass is 16.3. The molecule has 4 heteroatoms. The van der Waals surface area contributed by atoms with E-state index in [2.05, 4.69) is 11.4 Å². The Kier molecular flexibility index (Phi) is 4.06. The fourth-order valence-electron chi connectivity index (χ4n) is 2.76. The third kappa shape index (κ3) is 3.16. The van der Waals surface area contributed by atoms with Crippen molar-refractivity contribution in [2.75, 3.05) is 18.0 Å². The first-order valence-corrected chi connectivity index (χ1v) is 7.38. The van der Waals surface area contributed by atoms with Gasteiger partial charge in [0, 0.05) is 12.2 Å². The first-order valence-electron chi connectivity index (χ1n) is 7.38. The molecule has 1 amide bonds. The number of carbonyl (C=O) groups excluding carboxylic acids is 1. The molecule has 2 aromatic rings. The summed E-state index contributed by atoms with van der Waals surface area (Å²) in [7, 11) is 0. The number of fused-ring (bicyclic) bond motifs is 1. The predicted octanol–water partition coefficient (Wildman–Crippen LogP) is 2.66. The van der Waals surface area contributed by atoms with Gasteiger partial charge in [0.15, 0.2) is 0 Å². The smallest absolute Gasteiger partial charge is 0.240 e. The van der Waals surface area contributed by atoms with E-state index in [0.717, 1.165) is 36.6 Å². The van der Waals surface area contributed by atoms with Gasteiger partial charge in [-0.05, 0) is 43.5 Å². The first kappa shape index (κ1) is 13.9. The number of para-hydroxylation sites is 1. The molecule has 0 radical (unpaired) electrons. The normalized spacial score (nSPS) is 14.0. The van der Waals surface area contributed by atoms with E-state index in [1.165, 1.54) is 5.56 Å². The number of aryl methyl sites for hydroxylation is 2. The molecule has 0 unspecified atom stereocenters. The second kappa shape index (κ2) is 6.14. The molecule has 0 spiro atoms. The van der Waals surface area contributed by atoms with Gasteiger partial charge in [-0.1, -0.05) is 18.2 Å². The van der Waals surface area contributed by atoms with Crippen molar-refractivity contribution in [3.05, 3.63) is 53.5 Å². The van der Waals surface area contributed by atoms with Gasteiger partial charge in [-0.25, -0.2) is 0 Å². The molecular weight excluding hydrogens is 264 g/mol. The molecule has 3 rings (SSSR count). The zero-order valence-corrected chi connectivity index (χ0v) is 12.3. The lowest BCUT2D eigenvalue weighted by molar-refractivity contribution is -0.117. The largest absolute Gasteiger partial charge is 0.465 e. The maximum Gasteiger partial charge on any atom is 0.240 e. The van der Waals surface area contributed by atoms with E-state index in [9.17, 15) is 4.79 Å². The molecule has 0 saturated heterocycles. The summed E-state index contributed by atoms with van der Waals surface area (Å²) in [6.07, 6.45) is 2.08. The van der Waals surface area contributed by atoms with Crippen molar-refractivity contribution >= 4 is 11.6 Å². The summed E-state index contributed by atoms with van der Waals surface area (Å²) >= 11 is 0. The maximum atomic E-state index is 12.4. The Balaban J connectivity index is 1.59. The van der Waals surface area contributed by atoms with Crippen LogP contribution in [-0.4, -0.2) is 19.0 Å². The Labute approximate surface area is 124 Å². The van der Waals surface area contributed by atoms with Gasteiger partial charge < -0.3 is 14.6 Å². The minimum Gasteiger partial charge on any atom is -0.465 e. The number of nitrogens with one attached hydrogen (secondary N) is 1. The van der Waals surface area contributed by atoms with Gasteiger partial charge in [0.25, 0.3) is 0 Å². The molecule has 0 fully saturated rings. The average molecular weight is 284 g/mol. The van der Waals surface area contributed by atoms with Crippen LogP contribution in [0, 0.1) is 6.92 Å². The number of hydrogen-bond donors (Lipinski definition) is 1. The Morgan fingerprint density at radius 2 is 2.14 bits per heavy atom. The summed E-state index contributed by atoms with van der Waals surface area (Å²) < 4.78 is 5.48. The van der Waals surface area contributed by atoms with Crippen molar-refractivity contribution in [3.63, 3.8) is 0 Å². The molecule has 21 heavy (non-hydrogen) atoms. The summed E-state index contributed by atoms with van der Waals surface area (Å²) in [5.74, 6) is 1.87. The average Bonchev–Trinajstić information content (AvgIpc) is 2.92. The SMILES string of the molecule is Cc1ccc(CNCC(=O)N2CCCc3ccccc32)o1. The molecule has 2 heterocycles. The molecular formula is C17H20N2O2. The zero-order chi connectivity index (χ0) is 14.7. The van der Waals surface area contributed by atoms with Crippen LogP contribution < -0.4 is 10.2 Å². The second-order valence-electron chi connectivity index (χ2n) is 5.39. The summed E-state index contributed by atoms with van der Waals surface area (Å²) in [4.78, 5) is 14.3. The van der Waals surface area contributed by atoms with Gasteiger partial charge in [-0.15, -0.1) is 0 Å².